The van der Waals surface area contributed by atoms with Crippen molar-refractivity contribution >= 4 is 12.0 Å². The maximum atomic E-state index is 12.2. The molecular formula is C16H26N2O3. The smallest absolute Gasteiger partial charge is 0.326 e. The number of aliphatic carboxylic acids is 1. The summed E-state index contributed by atoms with van der Waals surface area (Å²) >= 11 is 0. The minimum atomic E-state index is -0.947. The van der Waals surface area contributed by atoms with Crippen LogP contribution in [0.2, 0.25) is 0 Å². The largest absolute Gasteiger partial charge is 0.480 e. The van der Waals surface area contributed by atoms with Crippen molar-refractivity contribution in [3.63, 3.8) is 0 Å². The molecule has 0 aliphatic heterocycles. The lowest BCUT2D eigenvalue weighted by atomic mass is 9.53. The molecule has 0 saturated heterocycles. The van der Waals surface area contributed by atoms with E-state index in [0.29, 0.717) is 6.42 Å². The van der Waals surface area contributed by atoms with Gasteiger partial charge in [-0.25, -0.2) is 9.59 Å². The maximum Gasteiger partial charge on any atom is 0.326 e. The molecule has 4 bridgehead atoms. The molecule has 2 amide bonds. The number of hydrogen-bond donors (Lipinski definition) is 3. The first-order chi connectivity index (χ1) is 9.99. The van der Waals surface area contributed by atoms with Gasteiger partial charge in [-0.1, -0.05) is 13.3 Å². The van der Waals surface area contributed by atoms with Crippen LogP contribution in [0.15, 0.2) is 0 Å². The lowest BCUT2D eigenvalue weighted by Gasteiger charge is -2.56. The van der Waals surface area contributed by atoms with Gasteiger partial charge in [-0.15, -0.1) is 0 Å². The Bertz CT molecular complexity index is 400. The van der Waals surface area contributed by atoms with Gasteiger partial charge in [0.15, 0.2) is 0 Å². The quantitative estimate of drug-likeness (QED) is 0.729. The molecule has 0 spiro atoms. The molecule has 5 heteroatoms. The second kappa shape index (κ2) is 5.50. The van der Waals surface area contributed by atoms with Gasteiger partial charge in [0.25, 0.3) is 0 Å². The summed E-state index contributed by atoms with van der Waals surface area (Å²) in [6, 6.07) is -1.07. The molecule has 0 radical (unpaired) electrons. The highest BCUT2D eigenvalue weighted by atomic mass is 16.4. The van der Waals surface area contributed by atoms with Crippen molar-refractivity contribution in [2.75, 3.05) is 0 Å². The zero-order valence-electron chi connectivity index (χ0n) is 12.7. The first kappa shape index (κ1) is 14.7. The summed E-state index contributed by atoms with van der Waals surface area (Å²) in [6.45, 7) is 1.93. The third-order valence-corrected chi connectivity index (χ3v) is 5.60. The number of hydrogen-bond acceptors (Lipinski definition) is 2. The van der Waals surface area contributed by atoms with E-state index in [1.54, 1.807) is 0 Å². The van der Waals surface area contributed by atoms with Crippen LogP contribution in [-0.4, -0.2) is 28.7 Å². The number of nitrogens with one attached hydrogen (secondary N) is 2. The fraction of sp³-hybridized carbons (Fsp3) is 0.875. The van der Waals surface area contributed by atoms with Gasteiger partial charge in [-0.2, -0.15) is 0 Å². The Morgan fingerprint density at radius 3 is 2.10 bits per heavy atom. The SMILES string of the molecule is CCCC(NC(=O)NC12CC3CC(CC(C3)C1)C2)C(=O)O. The lowest BCUT2D eigenvalue weighted by Crippen LogP contribution is -2.62. The van der Waals surface area contributed by atoms with Crippen molar-refractivity contribution in [1.82, 2.24) is 10.6 Å². The number of urea groups is 1. The number of rotatable bonds is 5. The van der Waals surface area contributed by atoms with Gasteiger partial charge in [0.1, 0.15) is 6.04 Å². The van der Waals surface area contributed by atoms with Gasteiger partial charge in [0.2, 0.25) is 0 Å². The molecule has 4 aliphatic carbocycles. The van der Waals surface area contributed by atoms with Crippen molar-refractivity contribution in [1.29, 1.82) is 0 Å². The van der Waals surface area contributed by atoms with Crippen LogP contribution in [0, 0.1) is 17.8 Å². The zero-order valence-corrected chi connectivity index (χ0v) is 12.7. The fourth-order valence-electron chi connectivity index (χ4n) is 5.24. The predicted octanol–water partition coefficient (Wildman–Crippen LogP) is 2.51. The predicted molar refractivity (Wildman–Crippen MR) is 78.9 cm³/mol. The Morgan fingerprint density at radius 2 is 1.67 bits per heavy atom. The lowest BCUT2D eigenvalue weighted by molar-refractivity contribution is -0.139. The number of carboxylic acids is 1. The molecule has 0 aromatic carbocycles. The number of amides is 2. The highest BCUT2D eigenvalue weighted by Gasteiger charge is 2.51. The highest BCUT2D eigenvalue weighted by molar-refractivity contribution is 5.82. The summed E-state index contributed by atoms with van der Waals surface area (Å²) in [4.78, 5) is 23.4. The van der Waals surface area contributed by atoms with Crippen LogP contribution < -0.4 is 10.6 Å². The van der Waals surface area contributed by atoms with Crippen LogP contribution >= 0.6 is 0 Å². The van der Waals surface area contributed by atoms with E-state index < -0.39 is 12.0 Å². The van der Waals surface area contributed by atoms with E-state index in [2.05, 4.69) is 10.6 Å². The molecule has 4 rings (SSSR count). The van der Waals surface area contributed by atoms with E-state index >= 15 is 0 Å². The molecule has 4 aliphatic rings. The van der Waals surface area contributed by atoms with E-state index in [0.717, 1.165) is 43.4 Å². The highest BCUT2D eigenvalue weighted by Crippen LogP contribution is 2.55. The standard InChI is InChI=1S/C16H26N2O3/c1-2-3-13(14(19)20)17-15(21)18-16-7-10-4-11(8-16)6-12(5-10)9-16/h10-13H,2-9H2,1H3,(H,19,20)(H2,17,18,21). The van der Waals surface area contributed by atoms with Gasteiger partial charge in [-0.05, 0) is 62.7 Å². The van der Waals surface area contributed by atoms with E-state index in [1.165, 1.54) is 19.3 Å². The molecule has 4 fully saturated rings. The maximum absolute atomic E-state index is 12.2. The number of carbonyl (C=O) groups is 2. The fourth-order valence-corrected chi connectivity index (χ4v) is 5.24. The topological polar surface area (TPSA) is 78.4 Å². The van der Waals surface area contributed by atoms with E-state index in [9.17, 15) is 9.59 Å². The monoisotopic (exact) mass is 294 g/mol. The van der Waals surface area contributed by atoms with Crippen molar-refractivity contribution < 1.29 is 14.7 Å². The summed E-state index contributed by atoms with van der Waals surface area (Å²) in [7, 11) is 0. The van der Waals surface area contributed by atoms with Crippen LogP contribution in [-0.2, 0) is 4.79 Å². The Morgan fingerprint density at radius 1 is 1.14 bits per heavy atom. The van der Waals surface area contributed by atoms with Gasteiger partial charge in [-0.3, -0.25) is 0 Å². The minimum Gasteiger partial charge on any atom is -0.480 e. The molecule has 5 nitrogen and oxygen atoms in total. The summed E-state index contributed by atoms with van der Waals surface area (Å²) in [6.07, 6.45) is 8.45. The number of carboxylic acid groups (broad SMARTS) is 1. The molecular weight excluding hydrogens is 268 g/mol. The summed E-state index contributed by atoms with van der Waals surface area (Å²) in [5.41, 5.74) is -0.0614. The number of carbonyl (C=O) groups excluding carboxylic acids is 1. The average molecular weight is 294 g/mol. The minimum absolute atomic E-state index is 0.0614. The molecule has 0 heterocycles. The second-order valence-electron chi connectivity index (χ2n) is 7.48. The summed E-state index contributed by atoms with van der Waals surface area (Å²) in [5, 5.41) is 14.9. The van der Waals surface area contributed by atoms with Gasteiger partial charge in [0.05, 0.1) is 0 Å². The summed E-state index contributed by atoms with van der Waals surface area (Å²) in [5.74, 6) is 1.35. The van der Waals surface area contributed by atoms with Crippen molar-refractivity contribution in [3.8, 4) is 0 Å². The van der Waals surface area contributed by atoms with E-state index in [-0.39, 0.29) is 11.6 Å². The Hall–Kier alpha value is -1.26. The van der Waals surface area contributed by atoms with Gasteiger partial charge >= 0.3 is 12.0 Å². The van der Waals surface area contributed by atoms with E-state index in [4.69, 9.17) is 5.11 Å². The first-order valence-corrected chi connectivity index (χ1v) is 8.31. The Kier molecular flexibility index (Phi) is 3.84. The van der Waals surface area contributed by atoms with Gasteiger partial charge < -0.3 is 15.7 Å². The molecule has 1 unspecified atom stereocenters. The van der Waals surface area contributed by atoms with Crippen LogP contribution in [0.25, 0.3) is 0 Å². The molecule has 0 aromatic rings. The van der Waals surface area contributed by atoms with Crippen LogP contribution in [0.5, 0.6) is 0 Å². The normalized spacial score (nSPS) is 38.0. The Balaban J connectivity index is 1.61. The third kappa shape index (κ3) is 3.01. The Labute approximate surface area is 125 Å². The molecule has 1 atom stereocenters. The van der Waals surface area contributed by atoms with Crippen LogP contribution in [0.1, 0.15) is 58.3 Å². The van der Waals surface area contributed by atoms with Crippen molar-refractivity contribution in [2.24, 2.45) is 17.8 Å². The zero-order chi connectivity index (χ0) is 15.0. The van der Waals surface area contributed by atoms with E-state index in [1.807, 2.05) is 6.92 Å². The summed E-state index contributed by atoms with van der Waals surface area (Å²) < 4.78 is 0. The van der Waals surface area contributed by atoms with Crippen LogP contribution in [0.4, 0.5) is 4.79 Å². The first-order valence-electron chi connectivity index (χ1n) is 8.31. The van der Waals surface area contributed by atoms with Crippen molar-refractivity contribution in [2.45, 2.75) is 69.9 Å². The average Bonchev–Trinajstić information content (AvgIpc) is 2.35. The van der Waals surface area contributed by atoms with Crippen molar-refractivity contribution in [3.05, 3.63) is 0 Å². The molecule has 118 valence electrons. The molecule has 3 N–H and O–H groups in total. The second-order valence-corrected chi connectivity index (χ2v) is 7.48. The molecule has 4 saturated carbocycles. The molecule has 0 aromatic heterocycles. The third-order valence-electron chi connectivity index (χ3n) is 5.60. The van der Waals surface area contributed by atoms with Crippen LogP contribution in [0.3, 0.4) is 0 Å². The van der Waals surface area contributed by atoms with Gasteiger partial charge in [0, 0.05) is 5.54 Å². The molecule has 21 heavy (non-hydrogen) atoms.